The van der Waals surface area contributed by atoms with E-state index in [1.165, 1.54) is 0 Å². The predicted octanol–water partition coefficient (Wildman–Crippen LogP) is 4.77. The first-order valence-corrected chi connectivity index (χ1v) is 11.1. The van der Waals surface area contributed by atoms with Gasteiger partial charge < -0.3 is 19.5 Å². The zero-order chi connectivity index (χ0) is 20.6. The van der Waals surface area contributed by atoms with Crippen molar-refractivity contribution >= 4 is 39.1 Å². The molecule has 5 nitrogen and oxygen atoms in total. The molecule has 0 amide bonds. The van der Waals surface area contributed by atoms with Gasteiger partial charge in [-0.25, -0.2) is 0 Å². The van der Waals surface area contributed by atoms with Crippen LogP contribution in [0.25, 0.3) is 0 Å². The first-order valence-electron chi connectivity index (χ1n) is 9.51. The Kier molecular flexibility index (Phi) is 8.90. The normalized spacial score (nSPS) is 14.8. The Hall–Kier alpha value is -1.02. The van der Waals surface area contributed by atoms with Crippen LogP contribution < -0.4 is 14.8 Å². The average Bonchev–Trinajstić information content (AvgIpc) is 2.74. The second-order valence-corrected chi connectivity index (χ2v) is 8.39. The number of morpholine rings is 1. The van der Waals surface area contributed by atoms with Gasteiger partial charge in [-0.05, 0) is 29.8 Å². The highest BCUT2D eigenvalue weighted by molar-refractivity contribution is 9.10. The molecule has 158 valence electrons. The van der Waals surface area contributed by atoms with Crippen molar-refractivity contribution in [3.05, 3.63) is 56.0 Å². The average molecular weight is 504 g/mol. The Morgan fingerprint density at radius 1 is 1.14 bits per heavy atom. The number of rotatable bonds is 9. The fraction of sp³-hybridized carbons (Fsp3) is 0.429. The van der Waals surface area contributed by atoms with Gasteiger partial charge in [0.2, 0.25) is 0 Å². The number of nitrogens with one attached hydrogen (secondary N) is 1. The second-order valence-electron chi connectivity index (χ2n) is 6.73. The Bertz CT molecular complexity index is 817. The minimum atomic E-state index is 0.366. The summed E-state index contributed by atoms with van der Waals surface area (Å²) < 4.78 is 18.0. The van der Waals surface area contributed by atoms with Gasteiger partial charge in [0, 0.05) is 42.8 Å². The highest BCUT2D eigenvalue weighted by Gasteiger charge is 2.16. The molecule has 1 aliphatic rings. The van der Waals surface area contributed by atoms with Gasteiger partial charge in [0.05, 0.1) is 30.4 Å². The van der Waals surface area contributed by atoms with Crippen molar-refractivity contribution in [1.82, 2.24) is 10.2 Å². The number of ether oxygens (including phenoxy) is 3. The first-order chi connectivity index (χ1) is 14.1. The van der Waals surface area contributed by atoms with Gasteiger partial charge >= 0.3 is 0 Å². The maximum absolute atomic E-state index is 6.14. The molecule has 1 fully saturated rings. The van der Waals surface area contributed by atoms with E-state index in [0.29, 0.717) is 34.7 Å². The SMILES string of the molecule is COc1ccc(Br)c(CNCCN2CCOCC2)c1OCc1ccc(Cl)c(Cl)c1. The lowest BCUT2D eigenvalue weighted by Gasteiger charge is -2.26. The van der Waals surface area contributed by atoms with Crippen LogP contribution in [0.5, 0.6) is 11.5 Å². The van der Waals surface area contributed by atoms with Crippen LogP contribution in [0.4, 0.5) is 0 Å². The summed E-state index contributed by atoms with van der Waals surface area (Å²) in [7, 11) is 1.64. The lowest BCUT2D eigenvalue weighted by atomic mass is 10.1. The predicted molar refractivity (Wildman–Crippen MR) is 120 cm³/mol. The molecule has 0 unspecified atom stereocenters. The van der Waals surface area contributed by atoms with Crippen molar-refractivity contribution < 1.29 is 14.2 Å². The molecule has 1 heterocycles. The first kappa shape index (κ1) is 22.7. The maximum atomic E-state index is 6.14. The van der Waals surface area contributed by atoms with Gasteiger partial charge in [-0.15, -0.1) is 0 Å². The number of hydrogen-bond donors (Lipinski definition) is 1. The summed E-state index contributed by atoms with van der Waals surface area (Å²) in [5, 5.41) is 4.55. The molecule has 0 atom stereocenters. The smallest absolute Gasteiger partial charge is 0.167 e. The summed E-state index contributed by atoms with van der Waals surface area (Å²) in [5.74, 6) is 1.41. The van der Waals surface area contributed by atoms with Crippen LogP contribution >= 0.6 is 39.1 Å². The molecule has 1 saturated heterocycles. The van der Waals surface area contributed by atoms with Crippen LogP contribution in [0.15, 0.2) is 34.8 Å². The third-order valence-corrected chi connectivity index (χ3v) is 6.25. The molecular formula is C21H25BrCl2N2O3. The van der Waals surface area contributed by atoms with Crippen LogP contribution in [-0.2, 0) is 17.9 Å². The number of nitrogens with zero attached hydrogens (tertiary/aromatic N) is 1. The van der Waals surface area contributed by atoms with Crippen molar-refractivity contribution in [3.8, 4) is 11.5 Å². The van der Waals surface area contributed by atoms with Gasteiger partial charge in [0.25, 0.3) is 0 Å². The van der Waals surface area contributed by atoms with Crippen LogP contribution in [-0.4, -0.2) is 51.4 Å². The van der Waals surface area contributed by atoms with E-state index < -0.39 is 0 Å². The summed E-state index contributed by atoms with van der Waals surface area (Å²) in [6, 6.07) is 9.36. The third-order valence-electron chi connectivity index (χ3n) is 4.76. The molecule has 3 rings (SSSR count). The molecule has 1 aliphatic heterocycles. The quantitative estimate of drug-likeness (QED) is 0.499. The van der Waals surface area contributed by atoms with Crippen molar-refractivity contribution in [3.63, 3.8) is 0 Å². The standard InChI is InChI=1S/C21H25BrCl2N2O3/c1-27-20-5-3-17(22)16(13-25-6-7-26-8-10-28-11-9-26)21(20)29-14-15-2-4-18(23)19(24)12-15/h2-5,12,25H,6-11,13-14H2,1H3. The highest BCUT2D eigenvalue weighted by atomic mass is 79.9. The van der Waals surface area contributed by atoms with Gasteiger partial charge in [0.1, 0.15) is 6.61 Å². The molecule has 0 spiro atoms. The molecule has 1 N–H and O–H groups in total. The molecule has 0 saturated carbocycles. The minimum absolute atomic E-state index is 0.366. The molecular weight excluding hydrogens is 479 g/mol. The summed E-state index contributed by atoms with van der Waals surface area (Å²) in [6.07, 6.45) is 0. The van der Waals surface area contributed by atoms with Crippen molar-refractivity contribution in [1.29, 1.82) is 0 Å². The molecule has 0 bridgehead atoms. The van der Waals surface area contributed by atoms with E-state index in [0.717, 1.165) is 55.0 Å². The van der Waals surface area contributed by atoms with E-state index in [1.807, 2.05) is 24.3 Å². The van der Waals surface area contributed by atoms with Crippen LogP contribution in [0, 0.1) is 0 Å². The number of halogens is 3. The largest absolute Gasteiger partial charge is 0.493 e. The highest BCUT2D eigenvalue weighted by Crippen LogP contribution is 2.37. The maximum Gasteiger partial charge on any atom is 0.167 e. The molecule has 8 heteroatoms. The Labute approximate surface area is 190 Å². The van der Waals surface area contributed by atoms with Gasteiger partial charge in [-0.1, -0.05) is 45.2 Å². The van der Waals surface area contributed by atoms with Crippen molar-refractivity contribution in [2.45, 2.75) is 13.2 Å². The molecule has 2 aromatic carbocycles. The van der Waals surface area contributed by atoms with E-state index in [9.17, 15) is 0 Å². The molecule has 29 heavy (non-hydrogen) atoms. The summed E-state index contributed by atoms with van der Waals surface area (Å²) in [4.78, 5) is 2.40. The fourth-order valence-electron chi connectivity index (χ4n) is 3.13. The lowest BCUT2D eigenvalue weighted by molar-refractivity contribution is 0.0384. The van der Waals surface area contributed by atoms with E-state index in [2.05, 4.69) is 26.1 Å². The Morgan fingerprint density at radius 2 is 1.93 bits per heavy atom. The van der Waals surface area contributed by atoms with Gasteiger partial charge in [-0.2, -0.15) is 0 Å². The fourth-order valence-corrected chi connectivity index (χ4v) is 3.90. The van der Waals surface area contributed by atoms with E-state index in [-0.39, 0.29) is 0 Å². The number of hydrogen-bond acceptors (Lipinski definition) is 5. The summed E-state index contributed by atoms with van der Waals surface area (Å²) in [5.41, 5.74) is 1.96. The third kappa shape index (κ3) is 6.48. The van der Waals surface area contributed by atoms with Gasteiger partial charge in [0.15, 0.2) is 11.5 Å². The minimum Gasteiger partial charge on any atom is -0.493 e. The van der Waals surface area contributed by atoms with Crippen LogP contribution in [0.3, 0.4) is 0 Å². The Balaban J connectivity index is 1.64. The van der Waals surface area contributed by atoms with E-state index >= 15 is 0 Å². The molecule has 0 aliphatic carbocycles. The van der Waals surface area contributed by atoms with Crippen molar-refractivity contribution in [2.24, 2.45) is 0 Å². The van der Waals surface area contributed by atoms with Crippen LogP contribution in [0.1, 0.15) is 11.1 Å². The summed E-state index contributed by atoms with van der Waals surface area (Å²) >= 11 is 15.8. The molecule has 0 aromatic heterocycles. The Morgan fingerprint density at radius 3 is 2.66 bits per heavy atom. The lowest BCUT2D eigenvalue weighted by Crippen LogP contribution is -2.40. The summed E-state index contributed by atoms with van der Waals surface area (Å²) in [6.45, 7) is 6.51. The molecule has 0 radical (unpaired) electrons. The number of methoxy groups -OCH3 is 1. The monoisotopic (exact) mass is 502 g/mol. The number of benzene rings is 2. The molecule has 2 aromatic rings. The second kappa shape index (κ2) is 11.4. The van der Waals surface area contributed by atoms with Crippen molar-refractivity contribution in [2.75, 3.05) is 46.5 Å². The van der Waals surface area contributed by atoms with E-state index in [4.69, 9.17) is 37.4 Å². The zero-order valence-electron chi connectivity index (χ0n) is 16.3. The van der Waals surface area contributed by atoms with Gasteiger partial charge in [-0.3, -0.25) is 4.90 Å². The van der Waals surface area contributed by atoms with E-state index in [1.54, 1.807) is 13.2 Å². The van der Waals surface area contributed by atoms with Crippen LogP contribution in [0.2, 0.25) is 10.0 Å². The zero-order valence-corrected chi connectivity index (χ0v) is 19.4. The topological polar surface area (TPSA) is 43.0 Å².